The third-order valence-electron chi connectivity index (χ3n) is 3.72. The second-order valence-corrected chi connectivity index (χ2v) is 6.75. The molecule has 0 fully saturated rings. The summed E-state index contributed by atoms with van der Waals surface area (Å²) < 4.78 is 31.1. The normalized spacial score (nSPS) is 10.8. The fourth-order valence-electron chi connectivity index (χ4n) is 2.49. The number of nitrogen functional groups attached to an aromatic ring is 1. The van der Waals surface area contributed by atoms with Gasteiger partial charge in [0.1, 0.15) is 0 Å². The van der Waals surface area contributed by atoms with Gasteiger partial charge in [-0.1, -0.05) is 11.6 Å². The third kappa shape index (κ3) is 3.88. The number of ether oxygens (including phenoxy) is 1. The standard InChI is InChI=1S/C17H15ClN4O4S/c1-26-17(23)15-8-12(19)4-7-16(15)22(27(24)25)14-9-20-21(10-14)13-5-2-11(18)3-6-13/h2-10,27H,19H2,1H3. The number of carbonyl (C=O) groups excluding carboxylic acids is 1. The summed E-state index contributed by atoms with van der Waals surface area (Å²) in [6.07, 6.45) is 2.89. The maximum absolute atomic E-state index is 12.1. The number of benzene rings is 2. The predicted molar refractivity (Wildman–Crippen MR) is 103 cm³/mol. The van der Waals surface area contributed by atoms with E-state index in [1.807, 2.05) is 0 Å². The van der Waals surface area contributed by atoms with Crippen molar-refractivity contribution in [3.05, 3.63) is 65.4 Å². The van der Waals surface area contributed by atoms with Crippen molar-refractivity contribution < 1.29 is 17.9 Å². The number of carbonyl (C=O) groups is 1. The highest BCUT2D eigenvalue weighted by Gasteiger charge is 2.22. The maximum atomic E-state index is 12.1. The van der Waals surface area contributed by atoms with Crippen molar-refractivity contribution >= 4 is 45.5 Å². The quantitative estimate of drug-likeness (QED) is 0.383. The number of hydrogen-bond donors (Lipinski definition) is 2. The van der Waals surface area contributed by atoms with Crippen molar-refractivity contribution in [3.63, 3.8) is 0 Å². The average molecular weight is 407 g/mol. The van der Waals surface area contributed by atoms with Crippen LogP contribution in [0.4, 0.5) is 17.1 Å². The number of halogens is 1. The Labute approximate surface area is 161 Å². The summed E-state index contributed by atoms with van der Waals surface area (Å²) in [6, 6.07) is 11.2. The molecule has 0 unspecified atom stereocenters. The van der Waals surface area contributed by atoms with Crippen molar-refractivity contribution in [1.29, 1.82) is 0 Å². The van der Waals surface area contributed by atoms with Gasteiger partial charge in [0, 0.05) is 10.7 Å². The summed E-state index contributed by atoms with van der Waals surface area (Å²) in [5.74, 6) is -0.704. The summed E-state index contributed by atoms with van der Waals surface area (Å²) in [7, 11) is -1.92. The molecule has 2 aromatic carbocycles. The van der Waals surface area contributed by atoms with Gasteiger partial charge in [0.25, 0.3) is 0 Å². The van der Waals surface area contributed by atoms with Gasteiger partial charge in [-0.25, -0.2) is 22.2 Å². The first-order valence-electron chi connectivity index (χ1n) is 7.63. The van der Waals surface area contributed by atoms with Crippen LogP contribution in [0.1, 0.15) is 10.4 Å². The van der Waals surface area contributed by atoms with Crippen LogP contribution in [0.15, 0.2) is 54.9 Å². The van der Waals surface area contributed by atoms with Crippen molar-refractivity contribution in [2.24, 2.45) is 0 Å². The number of anilines is 3. The summed E-state index contributed by atoms with van der Waals surface area (Å²) in [5, 5.41) is 4.75. The van der Waals surface area contributed by atoms with Crippen LogP contribution in [0, 0.1) is 0 Å². The van der Waals surface area contributed by atoms with Gasteiger partial charge >= 0.3 is 5.97 Å². The van der Waals surface area contributed by atoms with E-state index in [4.69, 9.17) is 22.1 Å². The lowest BCUT2D eigenvalue weighted by molar-refractivity contribution is 0.0602. The molecule has 8 nitrogen and oxygen atoms in total. The van der Waals surface area contributed by atoms with E-state index in [0.29, 0.717) is 16.4 Å². The van der Waals surface area contributed by atoms with Crippen molar-refractivity contribution in [3.8, 4) is 5.69 Å². The molecule has 0 bridgehead atoms. The van der Waals surface area contributed by atoms with Gasteiger partial charge in [-0.05, 0) is 42.5 Å². The van der Waals surface area contributed by atoms with Crippen LogP contribution in [0.3, 0.4) is 0 Å². The highest BCUT2D eigenvalue weighted by Crippen LogP contribution is 2.31. The highest BCUT2D eigenvalue weighted by atomic mass is 35.5. The lowest BCUT2D eigenvalue weighted by Crippen LogP contribution is -2.18. The number of esters is 1. The number of methoxy groups -OCH3 is 1. The predicted octanol–water partition coefficient (Wildman–Crippen LogP) is 2.56. The second kappa shape index (κ2) is 7.68. The zero-order chi connectivity index (χ0) is 19.6. The molecule has 1 aromatic heterocycles. The Morgan fingerprint density at radius 1 is 1.22 bits per heavy atom. The molecule has 0 spiro atoms. The van der Waals surface area contributed by atoms with Gasteiger partial charge in [0.15, 0.2) is 0 Å². The third-order valence-corrected chi connectivity index (χ3v) is 4.75. The molecular weight excluding hydrogens is 392 g/mol. The second-order valence-electron chi connectivity index (χ2n) is 5.44. The van der Waals surface area contributed by atoms with E-state index in [-0.39, 0.29) is 16.9 Å². The summed E-state index contributed by atoms with van der Waals surface area (Å²) in [4.78, 5) is 12.1. The van der Waals surface area contributed by atoms with Crippen LogP contribution < -0.4 is 10.0 Å². The minimum absolute atomic E-state index is 0.0240. The molecule has 10 heteroatoms. The Hall–Kier alpha value is -3.04. The molecule has 0 aliphatic heterocycles. The fraction of sp³-hybridized carbons (Fsp3) is 0.0588. The van der Waals surface area contributed by atoms with Crippen LogP contribution >= 0.6 is 11.6 Å². The summed E-state index contributed by atoms with van der Waals surface area (Å²) in [6.45, 7) is 0. The largest absolute Gasteiger partial charge is 0.465 e. The number of hydrogen-bond acceptors (Lipinski definition) is 6. The van der Waals surface area contributed by atoms with Gasteiger partial charge in [0.2, 0.25) is 10.9 Å². The van der Waals surface area contributed by atoms with E-state index in [2.05, 4.69) is 5.10 Å². The number of aromatic nitrogens is 2. The molecule has 3 rings (SSSR count). The molecular formula is C17H15ClN4O4S. The first-order valence-corrected chi connectivity index (χ1v) is 9.14. The zero-order valence-electron chi connectivity index (χ0n) is 14.1. The zero-order valence-corrected chi connectivity index (χ0v) is 15.7. The first kappa shape index (κ1) is 18.7. The Morgan fingerprint density at radius 3 is 2.56 bits per heavy atom. The number of thiol groups is 1. The number of rotatable bonds is 5. The molecule has 0 amide bonds. The van der Waals surface area contributed by atoms with Crippen LogP contribution in [-0.4, -0.2) is 31.3 Å². The van der Waals surface area contributed by atoms with Gasteiger partial charge in [-0.3, -0.25) is 0 Å². The Bertz CT molecular complexity index is 1060. The van der Waals surface area contributed by atoms with Gasteiger partial charge < -0.3 is 10.5 Å². The van der Waals surface area contributed by atoms with Crippen LogP contribution in [0.25, 0.3) is 5.69 Å². The van der Waals surface area contributed by atoms with Crippen molar-refractivity contribution in [2.45, 2.75) is 0 Å². The molecule has 0 aliphatic carbocycles. The molecule has 1 heterocycles. The fourth-order valence-corrected chi connectivity index (χ4v) is 3.26. The van der Waals surface area contributed by atoms with Crippen LogP contribution in [-0.2, 0) is 15.6 Å². The monoisotopic (exact) mass is 406 g/mol. The molecule has 0 saturated heterocycles. The highest BCUT2D eigenvalue weighted by molar-refractivity contribution is 7.74. The van der Waals surface area contributed by atoms with E-state index in [0.717, 1.165) is 4.31 Å². The SMILES string of the molecule is COC(=O)c1cc(N)ccc1N(c1cnn(-c2ccc(Cl)cc2)c1)[SH](=O)=O. The van der Waals surface area contributed by atoms with Crippen LogP contribution in [0.5, 0.6) is 0 Å². The van der Waals surface area contributed by atoms with E-state index >= 15 is 0 Å². The molecule has 3 aromatic rings. The first-order chi connectivity index (χ1) is 12.9. The summed E-state index contributed by atoms with van der Waals surface area (Å²) >= 11 is 5.88. The average Bonchev–Trinajstić information content (AvgIpc) is 3.12. The lowest BCUT2D eigenvalue weighted by Gasteiger charge is -2.18. The van der Waals surface area contributed by atoms with E-state index in [9.17, 15) is 13.2 Å². The Morgan fingerprint density at radius 2 is 1.93 bits per heavy atom. The van der Waals surface area contributed by atoms with Gasteiger partial charge in [0.05, 0.1) is 42.1 Å². The number of nitrogens with zero attached hydrogens (tertiary/aromatic N) is 3. The molecule has 0 atom stereocenters. The molecule has 140 valence electrons. The topological polar surface area (TPSA) is 108 Å². The minimum atomic E-state index is -3.12. The maximum Gasteiger partial charge on any atom is 0.340 e. The molecule has 2 N–H and O–H groups in total. The van der Waals surface area contributed by atoms with Gasteiger partial charge in [-0.2, -0.15) is 5.10 Å². The smallest absolute Gasteiger partial charge is 0.340 e. The van der Waals surface area contributed by atoms with E-state index < -0.39 is 16.9 Å². The van der Waals surface area contributed by atoms with Gasteiger partial charge in [-0.15, -0.1) is 0 Å². The molecule has 27 heavy (non-hydrogen) atoms. The Balaban J connectivity index is 2.08. The Kier molecular flexibility index (Phi) is 5.33. The molecule has 0 saturated carbocycles. The van der Waals surface area contributed by atoms with Crippen molar-refractivity contribution in [1.82, 2.24) is 9.78 Å². The van der Waals surface area contributed by atoms with Crippen LogP contribution in [0.2, 0.25) is 5.02 Å². The van der Waals surface area contributed by atoms with Crippen molar-refractivity contribution in [2.75, 3.05) is 17.1 Å². The molecule has 0 aliphatic rings. The lowest BCUT2D eigenvalue weighted by atomic mass is 10.1. The van der Waals surface area contributed by atoms with E-state index in [1.165, 1.54) is 42.4 Å². The minimum Gasteiger partial charge on any atom is -0.465 e. The molecule has 0 radical (unpaired) electrons. The summed E-state index contributed by atoms with van der Waals surface area (Å²) in [5.41, 5.74) is 7.10. The van der Waals surface area contributed by atoms with E-state index in [1.54, 1.807) is 24.3 Å². The number of nitrogens with two attached hydrogens (primary N) is 1.